The second-order valence-electron chi connectivity index (χ2n) is 28.5. The third kappa shape index (κ3) is 13.8. The van der Waals surface area contributed by atoms with Crippen LogP contribution in [-0.4, -0.2) is 9.79 Å². The number of fused-ring (bicyclic) bond motifs is 5. The Labute approximate surface area is 497 Å². The van der Waals surface area contributed by atoms with Gasteiger partial charge in [0, 0.05) is 16.2 Å². The third-order valence-electron chi connectivity index (χ3n) is 15.7. The van der Waals surface area contributed by atoms with Gasteiger partial charge in [-0.1, -0.05) is 270 Å². The van der Waals surface area contributed by atoms with E-state index in [0.29, 0.717) is 0 Å². The van der Waals surface area contributed by atoms with Crippen LogP contribution in [0.4, 0.5) is 0 Å². The van der Waals surface area contributed by atoms with Crippen molar-refractivity contribution in [1.82, 2.24) is 0 Å². The van der Waals surface area contributed by atoms with Crippen molar-refractivity contribution in [2.24, 2.45) is 0 Å². The van der Waals surface area contributed by atoms with E-state index >= 15 is 0 Å². The monoisotopic (exact) mass is 1140 g/mol. The molecule has 0 saturated heterocycles. The summed E-state index contributed by atoms with van der Waals surface area (Å²) in [5, 5.41) is 11.1. The quantitative estimate of drug-likeness (QED) is 0.133. The van der Waals surface area contributed by atoms with Gasteiger partial charge in [-0.25, -0.2) is 0 Å². The Hall–Kier alpha value is -6.36. The van der Waals surface area contributed by atoms with Crippen LogP contribution in [0.2, 0.25) is 0 Å². The molecule has 0 fully saturated rings. The van der Waals surface area contributed by atoms with Gasteiger partial charge in [-0.3, -0.25) is 4.52 Å². The fraction of sp³-hybridized carbons (Fsp3) is 0.333. The Morgan fingerprint density at radius 2 is 0.602 bits per heavy atom. The Bertz CT molecular complexity index is 3640. The van der Waals surface area contributed by atoms with E-state index < -0.39 is 23.3 Å². The molecule has 6 nitrogen and oxygen atoms in total. The molecule has 0 unspecified atom stereocenters. The molecule has 0 aliphatic carbocycles. The molecule has 10 rings (SSSR count). The van der Waals surface area contributed by atoms with Gasteiger partial charge in [0.15, 0.2) is 0 Å². The van der Waals surface area contributed by atoms with E-state index in [1.54, 1.807) is 0 Å². The van der Waals surface area contributed by atoms with Gasteiger partial charge in [0.25, 0.3) is 0 Å². The number of hydrogen-bond acceptors (Lipinski definition) is 6. The minimum atomic E-state index is -2.67. The van der Waals surface area contributed by atoms with Crippen LogP contribution in [0.5, 0.6) is 17.2 Å². The van der Waals surface area contributed by atoms with E-state index in [1.807, 2.05) is 91.0 Å². The molecule has 0 atom stereocenters. The van der Waals surface area contributed by atoms with Crippen molar-refractivity contribution in [2.45, 2.75) is 163 Å². The zero-order chi connectivity index (χ0) is 60.2. The summed E-state index contributed by atoms with van der Waals surface area (Å²) in [4.78, 5) is 21.4. The van der Waals surface area contributed by atoms with Crippen molar-refractivity contribution in [3.05, 3.63) is 220 Å². The lowest BCUT2D eigenvalue weighted by Crippen LogP contribution is -2.23. The highest BCUT2D eigenvalue weighted by Crippen LogP contribution is 2.51. The first-order valence-corrected chi connectivity index (χ1v) is 31.4. The predicted molar refractivity (Wildman–Crippen MR) is 355 cm³/mol. The van der Waals surface area contributed by atoms with Crippen molar-refractivity contribution in [3.63, 3.8) is 0 Å². The van der Waals surface area contributed by atoms with Crippen LogP contribution in [0, 0.1) is 0 Å². The van der Waals surface area contributed by atoms with Gasteiger partial charge in [0.1, 0.15) is 23.4 Å². The van der Waals surface area contributed by atoms with E-state index in [-0.39, 0.29) is 32.5 Å². The molecule has 0 heterocycles. The maximum atomic E-state index is 10.7. The molecule has 2 N–H and O–H groups in total. The lowest BCUT2D eigenvalue weighted by atomic mass is 9.73. The third-order valence-corrected chi connectivity index (χ3v) is 17.2. The van der Waals surface area contributed by atoms with Gasteiger partial charge >= 0.3 is 17.2 Å². The predicted octanol–water partition coefficient (Wildman–Crippen LogP) is 22.0. The summed E-state index contributed by atoms with van der Waals surface area (Å²) < 4.78 is 25.7. The Kier molecular flexibility index (Phi) is 17.1. The summed E-state index contributed by atoms with van der Waals surface area (Å²) in [6, 6.07) is 61.2. The maximum Gasteiger partial charge on any atom is 0.530 e. The average Bonchev–Trinajstić information content (AvgIpc) is 1.40. The minimum Gasteiger partial charge on any atom is -0.408 e. The first kappa shape index (κ1) is 61.2. The second kappa shape index (κ2) is 23.2. The molecule has 432 valence electrons. The zero-order valence-electron chi connectivity index (χ0n) is 52.2. The number of rotatable bonds is 10. The first-order chi connectivity index (χ1) is 38.8. The van der Waals surface area contributed by atoms with Gasteiger partial charge in [0.05, 0.1) is 0 Å². The summed E-state index contributed by atoms with van der Waals surface area (Å²) in [7, 11) is -4.48. The minimum absolute atomic E-state index is 0.00562. The summed E-state index contributed by atoms with van der Waals surface area (Å²) in [5.41, 5.74) is 8.74. The van der Waals surface area contributed by atoms with Gasteiger partial charge in [-0.05, 0) is 145 Å². The molecule has 0 radical (unpaired) electrons. The van der Waals surface area contributed by atoms with Crippen LogP contribution < -0.4 is 13.6 Å². The molecular formula is C75H86O6P2. The molecule has 0 aromatic heterocycles. The van der Waals surface area contributed by atoms with Crippen LogP contribution >= 0.6 is 17.2 Å². The molecule has 0 aliphatic rings. The molecule has 10 aromatic rings. The smallest absolute Gasteiger partial charge is 0.408 e. The van der Waals surface area contributed by atoms with Crippen molar-refractivity contribution < 1.29 is 27.9 Å². The van der Waals surface area contributed by atoms with Crippen LogP contribution in [-0.2, 0) is 37.0 Å². The number of hydrogen-bond donors (Lipinski definition) is 2. The Morgan fingerprint density at radius 3 is 0.892 bits per heavy atom. The molecule has 0 saturated carbocycles. The van der Waals surface area contributed by atoms with E-state index in [1.165, 1.54) is 43.8 Å². The fourth-order valence-electron chi connectivity index (χ4n) is 11.2. The molecule has 0 aliphatic heterocycles. The van der Waals surface area contributed by atoms with E-state index in [2.05, 4.69) is 210 Å². The highest BCUT2D eigenvalue weighted by Gasteiger charge is 2.35. The summed E-state index contributed by atoms with van der Waals surface area (Å²) >= 11 is 0. The standard InChI is InChI=1S/C45H65O3P.C30H21O3P/c1-40(2,3)29-19-27-21-35(42(7,8)9)33(25-31(27)37(23-29)44(13,14)15)39(48-49(46)47)34-26-32-28(22-36(34)43(10,11)12)20-30(41(4,5)6)24-38(32)45(16,17)18;1-4-16-25-22(10-1)13-7-19-28(25)31-34(32-29-20-8-14-23-11-2-5-17-26(23)29)33-30-21-9-15-24-12-3-6-18-27(24)30/h19-26,39,46-47H,1-18H3;1-21H. The fourth-order valence-corrected chi connectivity index (χ4v) is 12.7. The van der Waals surface area contributed by atoms with Gasteiger partial charge in [-0.15, -0.1) is 0 Å². The topological polar surface area (TPSA) is 77.4 Å². The molecule has 0 spiro atoms. The summed E-state index contributed by atoms with van der Waals surface area (Å²) in [6.07, 6.45) is -0.691. The summed E-state index contributed by atoms with van der Waals surface area (Å²) in [6.45, 7) is 40.8. The largest absolute Gasteiger partial charge is 0.530 e. The van der Waals surface area contributed by atoms with Gasteiger partial charge in [-0.2, -0.15) is 0 Å². The number of benzene rings is 10. The highest BCUT2D eigenvalue weighted by molar-refractivity contribution is 7.43. The molecule has 83 heavy (non-hydrogen) atoms. The van der Waals surface area contributed by atoms with Crippen LogP contribution in [0.25, 0.3) is 53.9 Å². The van der Waals surface area contributed by atoms with Crippen LogP contribution in [0.3, 0.4) is 0 Å². The summed E-state index contributed by atoms with van der Waals surface area (Å²) in [5.74, 6) is 2.18. The lowest BCUT2D eigenvalue weighted by molar-refractivity contribution is 0.200. The maximum absolute atomic E-state index is 10.7. The molecule has 8 heteroatoms. The van der Waals surface area contributed by atoms with E-state index in [0.717, 1.165) is 71.8 Å². The van der Waals surface area contributed by atoms with Gasteiger partial charge in [0.2, 0.25) is 0 Å². The van der Waals surface area contributed by atoms with Crippen LogP contribution in [0.15, 0.2) is 176 Å². The van der Waals surface area contributed by atoms with Crippen molar-refractivity contribution in [1.29, 1.82) is 0 Å². The van der Waals surface area contributed by atoms with Crippen molar-refractivity contribution >= 4 is 71.1 Å². The molecule has 10 aromatic carbocycles. The highest BCUT2D eigenvalue weighted by atomic mass is 31.2. The van der Waals surface area contributed by atoms with Crippen molar-refractivity contribution in [3.8, 4) is 17.2 Å². The SMILES string of the molecule is CC(C)(C)c1cc(C(C)(C)C)c2cc(C(OP(O)O)c3cc4c(C(C)(C)C)cc(C(C)(C)C)cc4cc3C(C)(C)C)c(C(C)(C)C)cc2c1.c1ccc2c(OP(Oc3cccc4ccccc34)Oc3cccc4ccccc34)cccc2c1. The van der Waals surface area contributed by atoms with E-state index in [9.17, 15) is 9.79 Å². The van der Waals surface area contributed by atoms with Crippen LogP contribution in [0.1, 0.15) is 175 Å². The molecule has 0 amide bonds. The first-order valence-electron chi connectivity index (χ1n) is 29.1. The van der Waals surface area contributed by atoms with Gasteiger partial charge < -0.3 is 23.4 Å². The normalized spacial score (nSPS) is 13.0. The molecule has 0 bridgehead atoms. The lowest BCUT2D eigenvalue weighted by Gasteiger charge is -2.34. The van der Waals surface area contributed by atoms with Crippen molar-refractivity contribution in [2.75, 3.05) is 0 Å². The zero-order valence-corrected chi connectivity index (χ0v) is 54.0. The Morgan fingerprint density at radius 1 is 0.301 bits per heavy atom. The molecular weight excluding hydrogens is 1060 g/mol. The Balaban J connectivity index is 0.000000212. The second-order valence-corrected chi connectivity index (χ2v) is 30.2. The average molecular weight is 1150 g/mol. The van der Waals surface area contributed by atoms with E-state index in [4.69, 9.17) is 18.1 Å².